The van der Waals surface area contributed by atoms with Crippen LogP contribution < -0.4 is 4.89 Å². The summed E-state index contributed by atoms with van der Waals surface area (Å²) in [6, 6.07) is 0. The Morgan fingerprint density at radius 3 is 1.48 bits per heavy atom. The molecule has 262 valence electrons. The van der Waals surface area contributed by atoms with E-state index in [0.717, 1.165) is 103 Å². The van der Waals surface area contributed by atoms with Crippen LogP contribution in [0.3, 0.4) is 0 Å². The van der Waals surface area contributed by atoms with E-state index in [1.165, 1.54) is 0 Å². The van der Waals surface area contributed by atoms with Gasteiger partial charge < -0.3 is 38.1 Å². The highest BCUT2D eigenvalue weighted by atomic mass is 31.2. The minimum Gasteiger partial charge on any atom is -0.756 e. The number of likely N-dealkylation sites (N-methyl/N-ethyl adjacent to an activating group) is 1. The molecule has 0 aromatic carbocycles. The molecule has 1 unspecified atom stereocenters. The van der Waals surface area contributed by atoms with Gasteiger partial charge in [0.25, 0.3) is 7.82 Å². The van der Waals surface area contributed by atoms with Crippen molar-refractivity contribution in [3.63, 3.8) is 0 Å². The number of unbranched alkanes of at least 4 members (excludes halogenated alkanes) is 16. The van der Waals surface area contributed by atoms with Crippen LogP contribution in [0, 0.1) is 0 Å². The van der Waals surface area contributed by atoms with Crippen LogP contribution >= 0.6 is 7.82 Å². The number of aliphatic hydroxyl groups is 2. The molecule has 12 heteroatoms. The number of nitrogens with zero attached hydrogens (tertiary/aromatic N) is 1. The van der Waals surface area contributed by atoms with E-state index < -0.39 is 32.5 Å². The highest BCUT2D eigenvalue weighted by Crippen LogP contribution is 2.38. The summed E-state index contributed by atoms with van der Waals surface area (Å²) >= 11 is 0. The molecule has 0 saturated carbocycles. The molecule has 0 aliphatic carbocycles. The zero-order valence-electron chi connectivity index (χ0n) is 28.0. The summed E-state index contributed by atoms with van der Waals surface area (Å²) in [7, 11) is 1.11. The monoisotopic (exact) mass is 653 g/mol. The SMILES string of the molecule is C[N+](C)(C)CCOP(=O)([O-])OC[C@@H](COC(=O)CCCCCCCCCCCO)OC(=O)CCCCCCCCCCCO. The molecule has 2 atom stereocenters. The lowest BCUT2D eigenvalue weighted by Gasteiger charge is -2.28. The number of hydrogen-bond donors (Lipinski definition) is 2. The fourth-order valence-corrected chi connectivity index (χ4v) is 5.22. The fourth-order valence-electron chi connectivity index (χ4n) is 4.49. The third-order valence-electron chi connectivity index (χ3n) is 7.24. The number of hydrogen-bond acceptors (Lipinski definition) is 10. The second kappa shape index (κ2) is 28.2. The quantitative estimate of drug-likeness (QED) is 0.0416. The van der Waals surface area contributed by atoms with Crippen molar-refractivity contribution >= 4 is 19.8 Å². The van der Waals surface area contributed by atoms with E-state index in [2.05, 4.69) is 0 Å². The van der Waals surface area contributed by atoms with Gasteiger partial charge in [-0.15, -0.1) is 0 Å². The highest BCUT2D eigenvalue weighted by molar-refractivity contribution is 7.45. The maximum atomic E-state index is 12.5. The van der Waals surface area contributed by atoms with E-state index in [0.29, 0.717) is 23.9 Å². The van der Waals surface area contributed by atoms with Crippen molar-refractivity contribution in [3.8, 4) is 0 Å². The topological polar surface area (TPSA) is 152 Å². The summed E-state index contributed by atoms with van der Waals surface area (Å²) in [5.41, 5.74) is 0. The van der Waals surface area contributed by atoms with Gasteiger partial charge in [0.05, 0.1) is 27.7 Å². The van der Waals surface area contributed by atoms with Crippen molar-refractivity contribution in [2.75, 3.05) is 60.7 Å². The predicted molar refractivity (Wildman–Crippen MR) is 170 cm³/mol. The Kier molecular flexibility index (Phi) is 27.5. The average Bonchev–Trinajstić information content (AvgIpc) is 2.95. The lowest BCUT2D eigenvalue weighted by atomic mass is 10.1. The van der Waals surface area contributed by atoms with Crippen molar-refractivity contribution < 1.29 is 52.3 Å². The highest BCUT2D eigenvalue weighted by Gasteiger charge is 2.21. The summed E-state index contributed by atoms with van der Waals surface area (Å²) in [4.78, 5) is 37.0. The van der Waals surface area contributed by atoms with Crippen LogP contribution in [0.5, 0.6) is 0 Å². The van der Waals surface area contributed by atoms with E-state index in [4.69, 9.17) is 28.7 Å². The molecular formula is C32H64NO10P. The third-order valence-corrected chi connectivity index (χ3v) is 8.20. The van der Waals surface area contributed by atoms with E-state index in [9.17, 15) is 19.0 Å². The molecule has 0 heterocycles. The fraction of sp³-hybridized carbons (Fsp3) is 0.938. The van der Waals surface area contributed by atoms with Crippen molar-refractivity contribution in [1.29, 1.82) is 0 Å². The molecule has 0 bridgehead atoms. The maximum Gasteiger partial charge on any atom is 0.306 e. The summed E-state index contributed by atoms with van der Waals surface area (Å²) in [6.45, 7) is 0.148. The third kappa shape index (κ3) is 30.9. The first kappa shape index (κ1) is 42.9. The normalized spacial score (nSPS) is 13.9. The zero-order chi connectivity index (χ0) is 32.9. The Labute approximate surface area is 267 Å². The number of esters is 2. The lowest BCUT2D eigenvalue weighted by Crippen LogP contribution is -2.37. The summed E-state index contributed by atoms with van der Waals surface area (Å²) in [5.74, 6) is -0.905. The van der Waals surface area contributed by atoms with Crippen LogP contribution in [0.4, 0.5) is 0 Å². The Morgan fingerprint density at radius 2 is 1.05 bits per heavy atom. The van der Waals surface area contributed by atoms with Crippen molar-refractivity contribution in [1.82, 2.24) is 0 Å². The Bertz CT molecular complexity index is 747. The van der Waals surface area contributed by atoms with E-state index in [-0.39, 0.29) is 39.3 Å². The molecule has 0 rings (SSSR count). The number of rotatable bonds is 32. The van der Waals surface area contributed by atoms with Crippen LogP contribution in [0.15, 0.2) is 0 Å². The Hall–Kier alpha value is -1.07. The standard InChI is InChI=1S/C32H64NO10P/c1-33(2,3)24-27-41-44(38,39)42-29-30(43-32(37)23-19-15-11-7-5-9-13-17-21-26-35)28-40-31(36)22-18-14-10-6-4-8-12-16-20-25-34/h30,34-35H,4-29H2,1-3H3/t30-/m1/s1. The second-order valence-electron chi connectivity index (χ2n) is 12.7. The van der Waals surface area contributed by atoms with Gasteiger partial charge in [-0.25, -0.2) is 0 Å². The molecular weight excluding hydrogens is 589 g/mol. The first-order valence-electron chi connectivity index (χ1n) is 17.0. The van der Waals surface area contributed by atoms with Crippen LogP contribution in [0.2, 0.25) is 0 Å². The molecule has 0 fully saturated rings. The van der Waals surface area contributed by atoms with Gasteiger partial charge in [-0.3, -0.25) is 14.2 Å². The maximum absolute atomic E-state index is 12.5. The van der Waals surface area contributed by atoms with Gasteiger partial charge in [-0.1, -0.05) is 89.9 Å². The van der Waals surface area contributed by atoms with E-state index in [1.54, 1.807) is 0 Å². The van der Waals surface area contributed by atoms with Gasteiger partial charge in [-0.2, -0.15) is 0 Å². The van der Waals surface area contributed by atoms with Gasteiger partial charge >= 0.3 is 11.9 Å². The first-order valence-corrected chi connectivity index (χ1v) is 18.4. The molecule has 11 nitrogen and oxygen atoms in total. The molecule has 0 aliphatic heterocycles. The molecule has 44 heavy (non-hydrogen) atoms. The molecule has 0 aromatic rings. The van der Waals surface area contributed by atoms with Gasteiger partial charge in [0, 0.05) is 26.1 Å². The number of ether oxygens (including phenoxy) is 2. The lowest BCUT2D eigenvalue weighted by molar-refractivity contribution is -0.870. The zero-order valence-corrected chi connectivity index (χ0v) is 28.9. The van der Waals surface area contributed by atoms with Crippen molar-refractivity contribution in [2.24, 2.45) is 0 Å². The molecule has 0 aliphatic rings. The summed E-state index contributed by atoms with van der Waals surface area (Å²) < 4.78 is 33.4. The summed E-state index contributed by atoms with van der Waals surface area (Å²) in [5, 5.41) is 17.6. The van der Waals surface area contributed by atoms with Crippen LogP contribution in [-0.2, 0) is 32.7 Å². The van der Waals surface area contributed by atoms with Crippen LogP contribution in [0.1, 0.15) is 128 Å². The van der Waals surface area contributed by atoms with Crippen LogP contribution in [-0.4, -0.2) is 93.5 Å². The smallest absolute Gasteiger partial charge is 0.306 e. The summed E-state index contributed by atoms with van der Waals surface area (Å²) in [6.07, 6.45) is 17.5. The molecule has 0 amide bonds. The Morgan fingerprint density at radius 1 is 0.636 bits per heavy atom. The van der Waals surface area contributed by atoms with E-state index >= 15 is 0 Å². The molecule has 0 radical (unpaired) electrons. The van der Waals surface area contributed by atoms with E-state index in [1.807, 2.05) is 21.1 Å². The Balaban J connectivity index is 4.47. The second-order valence-corrected chi connectivity index (χ2v) is 14.1. The van der Waals surface area contributed by atoms with Crippen molar-refractivity contribution in [3.05, 3.63) is 0 Å². The average molecular weight is 654 g/mol. The number of quaternary nitrogens is 1. The molecule has 0 aromatic heterocycles. The number of carbonyl (C=O) groups is 2. The van der Waals surface area contributed by atoms with Gasteiger partial charge in [-0.05, 0) is 25.7 Å². The molecule has 0 saturated heterocycles. The van der Waals surface area contributed by atoms with Gasteiger partial charge in [0.15, 0.2) is 6.10 Å². The minimum absolute atomic E-state index is 0.0455. The first-order chi connectivity index (χ1) is 21.0. The number of phosphoric ester groups is 1. The van der Waals surface area contributed by atoms with Crippen molar-refractivity contribution in [2.45, 2.75) is 135 Å². The largest absolute Gasteiger partial charge is 0.756 e. The number of carbonyl (C=O) groups excluding carboxylic acids is 2. The molecule has 2 N–H and O–H groups in total. The predicted octanol–water partition coefficient (Wildman–Crippen LogP) is 5.44. The van der Waals surface area contributed by atoms with Crippen LogP contribution in [0.25, 0.3) is 0 Å². The van der Waals surface area contributed by atoms with Gasteiger partial charge in [0.2, 0.25) is 0 Å². The molecule has 0 spiro atoms. The number of aliphatic hydroxyl groups excluding tert-OH is 2. The number of phosphoric acid groups is 1. The minimum atomic E-state index is -4.62. The van der Waals surface area contributed by atoms with Gasteiger partial charge in [0.1, 0.15) is 19.8 Å².